The molecule has 0 heterocycles. The Morgan fingerprint density at radius 1 is 1.07 bits per heavy atom. The molecule has 0 aliphatic rings. The first-order valence-corrected chi connectivity index (χ1v) is 9.32. The van der Waals surface area contributed by atoms with E-state index in [0.29, 0.717) is 18.8 Å². The van der Waals surface area contributed by atoms with Crippen LogP contribution in [0.2, 0.25) is 0 Å². The molecule has 0 aromatic heterocycles. The van der Waals surface area contributed by atoms with Gasteiger partial charge in [-0.15, -0.1) is 13.2 Å². The molecule has 3 heteroatoms. The van der Waals surface area contributed by atoms with E-state index in [1.54, 1.807) is 0 Å². The Balaban J connectivity index is 2.24. The Kier molecular flexibility index (Phi) is 7.42. The minimum Gasteiger partial charge on any atom is -0.445 e. The molecule has 0 bridgehead atoms. The van der Waals surface area contributed by atoms with Crippen molar-refractivity contribution in [1.82, 2.24) is 5.32 Å². The van der Waals surface area contributed by atoms with Crippen molar-refractivity contribution in [3.63, 3.8) is 0 Å². The van der Waals surface area contributed by atoms with Crippen molar-refractivity contribution in [3.8, 4) is 0 Å². The van der Waals surface area contributed by atoms with Gasteiger partial charge in [-0.3, -0.25) is 0 Å². The zero-order valence-electron chi connectivity index (χ0n) is 16.3. The lowest BCUT2D eigenvalue weighted by molar-refractivity contribution is 0.125. The highest BCUT2D eigenvalue weighted by atomic mass is 16.5. The van der Waals surface area contributed by atoms with Crippen molar-refractivity contribution in [2.24, 2.45) is 0 Å². The zero-order chi connectivity index (χ0) is 19.7. The second-order valence-electron chi connectivity index (χ2n) is 7.03. The summed E-state index contributed by atoms with van der Waals surface area (Å²) in [6, 6.07) is 18.0. The lowest BCUT2D eigenvalue weighted by atomic mass is 9.82. The molecule has 0 radical (unpaired) electrons. The SMILES string of the molecule is C=CCC(CC=C)(NC(=O)OCc1ccccc1)c1cccc(C(C)C)c1. The summed E-state index contributed by atoms with van der Waals surface area (Å²) >= 11 is 0. The molecule has 0 saturated carbocycles. The molecule has 1 N–H and O–H groups in total. The van der Waals surface area contributed by atoms with Crippen LogP contribution in [0.1, 0.15) is 49.3 Å². The third-order valence-corrected chi connectivity index (χ3v) is 4.65. The lowest BCUT2D eigenvalue weighted by Gasteiger charge is -2.34. The fraction of sp³-hybridized carbons (Fsp3) is 0.292. The van der Waals surface area contributed by atoms with Gasteiger partial charge in [0.1, 0.15) is 6.61 Å². The first-order chi connectivity index (χ1) is 13.0. The maximum Gasteiger partial charge on any atom is 0.408 e. The molecule has 0 saturated heterocycles. The lowest BCUT2D eigenvalue weighted by Crippen LogP contribution is -2.45. The van der Waals surface area contributed by atoms with Gasteiger partial charge in [-0.05, 0) is 35.4 Å². The predicted octanol–water partition coefficient (Wildman–Crippen LogP) is 6.08. The molecule has 142 valence electrons. The van der Waals surface area contributed by atoms with E-state index in [1.165, 1.54) is 5.56 Å². The summed E-state index contributed by atoms with van der Waals surface area (Å²) in [5.74, 6) is 0.403. The summed E-state index contributed by atoms with van der Waals surface area (Å²) in [7, 11) is 0. The molecule has 0 aliphatic carbocycles. The number of nitrogens with one attached hydrogen (secondary N) is 1. The summed E-state index contributed by atoms with van der Waals surface area (Å²) < 4.78 is 5.46. The summed E-state index contributed by atoms with van der Waals surface area (Å²) in [5, 5.41) is 3.08. The van der Waals surface area contributed by atoms with Gasteiger partial charge in [-0.1, -0.05) is 80.6 Å². The molecule has 2 aromatic rings. The molecule has 0 atom stereocenters. The monoisotopic (exact) mass is 363 g/mol. The van der Waals surface area contributed by atoms with Crippen LogP contribution < -0.4 is 5.32 Å². The first-order valence-electron chi connectivity index (χ1n) is 9.32. The summed E-state index contributed by atoms with van der Waals surface area (Å²) in [6.07, 6.45) is 4.37. The van der Waals surface area contributed by atoms with Gasteiger partial charge in [0.25, 0.3) is 0 Å². The van der Waals surface area contributed by atoms with Crippen molar-refractivity contribution in [3.05, 3.63) is 96.6 Å². The van der Waals surface area contributed by atoms with Crippen molar-refractivity contribution in [2.45, 2.75) is 44.8 Å². The van der Waals surface area contributed by atoms with Crippen LogP contribution >= 0.6 is 0 Å². The van der Waals surface area contributed by atoms with Crippen LogP contribution in [0.25, 0.3) is 0 Å². The van der Waals surface area contributed by atoms with Gasteiger partial charge in [-0.25, -0.2) is 4.79 Å². The molecule has 1 amide bonds. The topological polar surface area (TPSA) is 38.3 Å². The maximum absolute atomic E-state index is 12.6. The molecule has 0 spiro atoms. The molecular weight excluding hydrogens is 334 g/mol. The average molecular weight is 364 g/mol. The fourth-order valence-corrected chi connectivity index (χ4v) is 3.14. The molecular formula is C24H29NO2. The van der Waals surface area contributed by atoms with Gasteiger partial charge in [0.2, 0.25) is 0 Å². The summed E-state index contributed by atoms with van der Waals surface area (Å²) in [6.45, 7) is 12.3. The highest BCUT2D eigenvalue weighted by Gasteiger charge is 2.32. The minimum absolute atomic E-state index is 0.233. The van der Waals surface area contributed by atoms with Gasteiger partial charge in [0.15, 0.2) is 0 Å². The Hall–Kier alpha value is -2.81. The van der Waals surface area contributed by atoms with Crippen molar-refractivity contribution < 1.29 is 9.53 Å². The van der Waals surface area contributed by atoms with E-state index in [1.807, 2.05) is 54.6 Å². The number of hydrogen-bond donors (Lipinski definition) is 1. The number of amides is 1. The molecule has 2 aromatic carbocycles. The maximum atomic E-state index is 12.6. The van der Waals surface area contributed by atoms with Crippen LogP contribution in [0.3, 0.4) is 0 Å². The largest absolute Gasteiger partial charge is 0.445 e. The number of carbonyl (C=O) groups excluding carboxylic acids is 1. The fourth-order valence-electron chi connectivity index (χ4n) is 3.14. The number of hydrogen-bond acceptors (Lipinski definition) is 2. The van der Waals surface area contributed by atoms with Gasteiger partial charge in [0.05, 0.1) is 5.54 Å². The summed E-state index contributed by atoms with van der Waals surface area (Å²) in [4.78, 5) is 12.6. The van der Waals surface area contributed by atoms with E-state index in [4.69, 9.17) is 4.74 Å². The van der Waals surface area contributed by atoms with Crippen molar-refractivity contribution >= 4 is 6.09 Å². The summed E-state index contributed by atoms with van der Waals surface area (Å²) in [5.41, 5.74) is 2.59. The highest BCUT2D eigenvalue weighted by Crippen LogP contribution is 2.32. The van der Waals surface area contributed by atoms with Crippen LogP contribution in [0.5, 0.6) is 0 Å². The second kappa shape index (κ2) is 9.77. The van der Waals surface area contributed by atoms with Crippen molar-refractivity contribution in [2.75, 3.05) is 0 Å². The van der Waals surface area contributed by atoms with Gasteiger partial charge in [-0.2, -0.15) is 0 Å². The smallest absolute Gasteiger partial charge is 0.408 e. The van der Waals surface area contributed by atoms with Gasteiger partial charge >= 0.3 is 6.09 Å². The van der Waals surface area contributed by atoms with Crippen LogP contribution in [0.15, 0.2) is 79.9 Å². The zero-order valence-corrected chi connectivity index (χ0v) is 16.3. The predicted molar refractivity (Wildman–Crippen MR) is 112 cm³/mol. The van der Waals surface area contributed by atoms with Crippen LogP contribution in [-0.4, -0.2) is 6.09 Å². The third-order valence-electron chi connectivity index (χ3n) is 4.65. The Morgan fingerprint density at radius 3 is 2.33 bits per heavy atom. The molecule has 0 aliphatic heterocycles. The Bertz CT molecular complexity index is 755. The van der Waals surface area contributed by atoms with Crippen LogP contribution in [-0.2, 0) is 16.9 Å². The quantitative estimate of drug-likeness (QED) is 0.548. The normalized spacial score (nSPS) is 11.1. The average Bonchev–Trinajstić information content (AvgIpc) is 2.67. The van der Waals surface area contributed by atoms with Crippen LogP contribution in [0.4, 0.5) is 4.79 Å². The Morgan fingerprint density at radius 2 is 1.74 bits per heavy atom. The number of alkyl carbamates (subject to hydrolysis) is 1. The van der Waals surface area contributed by atoms with E-state index in [9.17, 15) is 4.79 Å². The second-order valence-corrected chi connectivity index (χ2v) is 7.03. The van der Waals surface area contributed by atoms with Gasteiger partial charge < -0.3 is 10.1 Å². The molecule has 0 unspecified atom stereocenters. The Labute approximate surface area is 162 Å². The number of carbonyl (C=O) groups is 1. The standard InChI is InChI=1S/C24H29NO2/c1-5-15-24(16-6-2,22-14-10-13-21(17-22)19(3)4)25-23(26)27-18-20-11-8-7-9-12-20/h5-14,17,19H,1-2,15-16,18H2,3-4H3,(H,25,26). The molecule has 3 nitrogen and oxygen atoms in total. The van der Waals surface area contributed by atoms with E-state index in [-0.39, 0.29) is 6.61 Å². The number of rotatable bonds is 9. The molecule has 27 heavy (non-hydrogen) atoms. The highest BCUT2D eigenvalue weighted by molar-refractivity contribution is 5.69. The third kappa shape index (κ3) is 5.58. The van der Waals surface area contributed by atoms with E-state index in [2.05, 4.69) is 44.5 Å². The minimum atomic E-state index is -0.623. The van der Waals surface area contributed by atoms with E-state index >= 15 is 0 Å². The van der Waals surface area contributed by atoms with E-state index in [0.717, 1.165) is 11.1 Å². The van der Waals surface area contributed by atoms with Crippen molar-refractivity contribution in [1.29, 1.82) is 0 Å². The number of benzene rings is 2. The van der Waals surface area contributed by atoms with Gasteiger partial charge in [0, 0.05) is 0 Å². The van der Waals surface area contributed by atoms with E-state index < -0.39 is 11.6 Å². The number of ether oxygens (including phenoxy) is 1. The van der Waals surface area contributed by atoms with Crippen LogP contribution in [0, 0.1) is 0 Å². The molecule has 2 rings (SSSR count). The molecule has 0 fully saturated rings. The first kappa shape index (κ1) is 20.5.